The smallest absolute Gasteiger partial charge is 0.416 e. The number of ether oxygens (including phenoxy) is 3. The van der Waals surface area contributed by atoms with Crippen molar-refractivity contribution in [1.29, 1.82) is 0 Å². The van der Waals surface area contributed by atoms with Crippen molar-refractivity contribution < 1.29 is 32.2 Å². The molecule has 3 rings (SSSR count). The number of benzene rings is 2. The van der Waals surface area contributed by atoms with E-state index in [4.69, 9.17) is 19.9 Å². The number of nitrogens with one attached hydrogen (secondary N) is 1. The molecule has 0 aromatic heterocycles. The molecule has 0 fully saturated rings. The molecule has 0 radical (unpaired) electrons. The first-order valence-corrected chi connectivity index (χ1v) is 8.49. The molecule has 0 spiro atoms. The molecule has 1 amide bonds. The van der Waals surface area contributed by atoms with Crippen LogP contribution in [0.2, 0.25) is 0 Å². The number of hydrogen-bond donors (Lipinski definition) is 2. The van der Waals surface area contributed by atoms with Gasteiger partial charge in [-0.2, -0.15) is 13.2 Å². The van der Waals surface area contributed by atoms with Gasteiger partial charge in [0.1, 0.15) is 6.61 Å². The minimum Gasteiger partial charge on any atom is -0.485 e. The molecular weight excluding hydrogens is 377 g/mol. The maximum Gasteiger partial charge on any atom is 0.416 e. The second kappa shape index (κ2) is 7.97. The number of hydrogen-bond acceptors (Lipinski definition) is 5. The summed E-state index contributed by atoms with van der Waals surface area (Å²) in [5.41, 5.74) is 5.86. The first-order chi connectivity index (χ1) is 13.3. The normalized spacial score (nSPS) is 14.0. The van der Waals surface area contributed by atoms with Gasteiger partial charge in [-0.1, -0.05) is 18.2 Å². The van der Waals surface area contributed by atoms with E-state index in [0.29, 0.717) is 29.4 Å². The number of fused-ring (bicyclic) bond motifs is 1. The van der Waals surface area contributed by atoms with E-state index in [9.17, 15) is 18.0 Å². The van der Waals surface area contributed by atoms with Crippen molar-refractivity contribution in [1.82, 2.24) is 5.32 Å². The molecule has 0 bridgehead atoms. The average Bonchev–Trinajstić information content (AvgIpc) is 3.14. The Balaban J connectivity index is 1.68. The maximum atomic E-state index is 12.6. The largest absolute Gasteiger partial charge is 0.485 e. The molecule has 0 aliphatic carbocycles. The van der Waals surface area contributed by atoms with E-state index in [0.717, 1.165) is 17.7 Å². The minimum absolute atomic E-state index is 0.0222. The molecule has 9 heteroatoms. The van der Waals surface area contributed by atoms with Crippen LogP contribution in [-0.2, 0) is 24.1 Å². The van der Waals surface area contributed by atoms with Crippen molar-refractivity contribution >= 4 is 5.91 Å². The third-order valence-electron chi connectivity index (χ3n) is 4.27. The van der Waals surface area contributed by atoms with Crippen LogP contribution in [0.5, 0.6) is 17.2 Å². The SMILES string of the molecule is C[C@H](NCc1ccc(OCc2ccc(C(F)(F)F)cc2)c2c1OCO2)C(N)=O. The van der Waals surface area contributed by atoms with Crippen molar-refractivity contribution in [3.05, 3.63) is 53.1 Å². The number of alkyl halides is 3. The summed E-state index contributed by atoms with van der Waals surface area (Å²) in [6.07, 6.45) is -4.37. The molecule has 28 heavy (non-hydrogen) atoms. The van der Waals surface area contributed by atoms with Crippen LogP contribution in [0.4, 0.5) is 13.2 Å². The van der Waals surface area contributed by atoms with E-state index in [2.05, 4.69) is 5.32 Å². The number of amides is 1. The summed E-state index contributed by atoms with van der Waals surface area (Å²) in [4.78, 5) is 11.1. The van der Waals surface area contributed by atoms with Gasteiger partial charge in [0.05, 0.1) is 11.6 Å². The van der Waals surface area contributed by atoms with Gasteiger partial charge in [0.15, 0.2) is 11.5 Å². The zero-order valence-electron chi connectivity index (χ0n) is 15.0. The fraction of sp³-hybridized carbons (Fsp3) is 0.316. The molecule has 150 valence electrons. The zero-order chi connectivity index (χ0) is 20.3. The van der Waals surface area contributed by atoms with E-state index in [1.54, 1.807) is 19.1 Å². The number of primary amides is 1. The van der Waals surface area contributed by atoms with Crippen LogP contribution in [0.15, 0.2) is 36.4 Å². The van der Waals surface area contributed by atoms with Gasteiger partial charge >= 0.3 is 6.18 Å². The Bertz CT molecular complexity index is 853. The molecule has 2 aromatic carbocycles. The van der Waals surface area contributed by atoms with Crippen molar-refractivity contribution in [2.24, 2.45) is 5.73 Å². The topological polar surface area (TPSA) is 82.8 Å². The molecule has 0 saturated heterocycles. The molecule has 1 heterocycles. The van der Waals surface area contributed by atoms with Gasteiger partial charge < -0.3 is 25.3 Å². The van der Waals surface area contributed by atoms with E-state index >= 15 is 0 Å². The lowest BCUT2D eigenvalue weighted by Gasteiger charge is -2.14. The van der Waals surface area contributed by atoms with Crippen LogP contribution in [0.25, 0.3) is 0 Å². The fourth-order valence-electron chi connectivity index (χ4n) is 2.60. The van der Waals surface area contributed by atoms with E-state index in [1.807, 2.05) is 0 Å². The summed E-state index contributed by atoms with van der Waals surface area (Å²) in [5, 5.41) is 2.98. The molecule has 1 aliphatic heterocycles. The maximum absolute atomic E-state index is 12.6. The Kier molecular flexibility index (Phi) is 5.64. The van der Waals surface area contributed by atoms with Crippen LogP contribution in [0.3, 0.4) is 0 Å². The lowest BCUT2D eigenvalue weighted by Crippen LogP contribution is -2.38. The van der Waals surface area contributed by atoms with Crippen molar-refractivity contribution in [2.75, 3.05) is 6.79 Å². The molecule has 6 nitrogen and oxygen atoms in total. The van der Waals surface area contributed by atoms with Gasteiger partial charge in [-0.3, -0.25) is 4.79 Å². The predicted octanol–water partition coefficient (Wildman–Crippen LogP) is 2.98. The van der Waals surface area contributed by atoms with E-state index < -0.39 is 23.7 Å². The number of carbonyl (C=O) groups is 1. The summed E-state index contributed by atoms with van der Waals surface area (Å²) in [5.74, 6) is 0.858. The van der Waals surface area contributed by atoms with Gasteiger partial charge in [0.25, 0.3) is 0 Å². The molecule has 0 saturated carbocycles. The standard InChI is InChI=1S/C19H19F3N2O4/c1-11(18(23)25)24-8-13-4-7-15(17-16(13)27-10-28-17)26-9-12-2-5-14(6-3-12)19(20,21)22/h2-7,11,24H,8-10H2,1H3,(H2,23,25)/t11-/m0/s1. The Labute approximate surface area is 159 Å². The molecule has 3 N–H and O–H groups in total. The minimum atomic E-state index is -4.37. The Morgan fingerprint density at radius 1 is 1.18 bits per heavy atom. The van der Waals surface area contributed by atoms with Crippen molar-refractivity contribution in [2.45, 2.75) is 32.3 Å². The average molecular weight is 396 g/mol. The number of carbonyl (C=O) groups excluding carboxylic acids is 1. The summed E-state index contributed by atoms with van der Waals surface area (Å²) in [7, 11) is 0. The predicted molar refractivity (Wildman–Crippen MR) is 93.8 cm³/mol. The van der Waals surface area contributed by atoms with E-state index in [1.165, 1.54) is 12.1 Å². The second-order valence-electron chi connectivity index (χ2n) is 6.28. The Morgan fingerprint density at radius 3 is 2.50 bits per heavy atom. The monoisotopic (exact) mass is 396 g/mol. The van der Waals surface area contributed by atoms with Gasteiger partial charge in [-0.15, -0.1) is 0 Å². The Hall–Kier alpha value is -2.94. The van der Waals surface area contributed by atoms with Crippen molar-refractivity contribution in [3.63, 3.8) is 0 Å². The third kappa shape index (κ3) is 4.48. The molecule has 1 atom stereocenters. The van der Waals surface area contributed by atoms with Crippen LogP contribution in [0.1, 0.15) is 23.6 Å². The first-order valence-electron chi connectivity index (χ1n) is 8.49. The first kappa shape index (κ1) is 19.8. The van der Waals surface area contributed by atoms with E-state index in [-0.39, 0.29) is 13.4 Å². The summed E-state index contributed by atoms with van der Waals surface area (Å²) >= 11 is 0. The summed E-state index contributed by atoms with van der Waals surface area (Å²) in [6.45, 7) is 2.09. The number of rotatable bonds is 7. The fourth-order valence-corrected chi connectivity index (χ4v) is 2.60. The van der Waals surface area contributed by atoms with Gasteiger partial charge in [-0.05, 0) is 30.7 Å². The van der Waals surface area contributed by atoms with Crippen molar-refractivity contribution in [3.8, 4) is 17.2 Å². The van der Waals surface area contributed by atoms with Crippen LogP contribution in [0, 0.1) is 0 Å². The highest BCUT2D eigenvalue weighted by Gasteiger charge is 2.30. The molecule has 0 unspecified atom stereocenters. The highest BCUT2D eigenvalue weighted by Crippen LogP contribution is 2.43. The highest BCUT2D eigenvalue weighted by molar-refractivity contribution is 5.79. The third-order valence-corrected chi connectivity index (χ3v) is 4.27. The lowest BCUT2D eigenvalue weighted by molar-refractivity contribution is -0.137. The summed E-state index contributed by atoms with van der Waals surface area (Å²) in [6, 6.07) is 7.69. The quantitative estimate of drug-likeness (QED) is 0.752. The molecule has 1 aliphatic rings. The summed E-state index contributed by atoms with van der Waals surface area (Å²) < 4.78 is 54.5. The second-order valence-corrected chi connectivity index (χ2v) is 6.28. The Morgan fingerprint density at radius 2 is 1.86 bits per heavy atom. The van der Waals surface area contributed by atoms with Gasteiger partial charge in [-0.25, -0.2) is 0 Å². The van der Waals surface area contributed by atoms with Gasteiger partial charge in [0, 0.05) is 12.1 Å². The van der Waals surface area contributed by atoms with Crippen LogP contribution in [-0.4, -0.2) is 18.7 Å². The number of nitrogens with two attached hydrogens (primary N) is 1. The highest BCUT2D eigenvalue weighted by atomic mass is 19.4. The van der Waals surface area contributed by atoms with Crippen LogP contribution < -0.4 is 25.3 Å². The molecule has 2 aromatic rings. The number of halogens is 3. The lowest BCUT2D eigenvalue weighted by atomic mass is 10.1. The van der Waals surface area contributed by atoms with Gasteiger partial charge in [0.2, 0.25) is 18.4 Å². The molecular formula is C19H19F3N2O4. The van der Waals surface area contributed by atoms with Crippen LogP contribution >= 0.6 is 0 Å². The zero-order valence-corrected chi connectivity index (χ0v) is 15.0.